The number of nitrogens with one attached hydrogen (secondary N) is 1. The van der Waals surface area contributed by atoms with Crippen LogP contribution in [-0.4, -0.2) is 38.7 Å². The van der Waals surface area contributed by atoms with E-state index in [2.05, 4.69) is 20.4 Å². The lowest BCUT2D eigenvalue weighted by molar-refractivity contribution is 0.0695. The molecule has 0 radical (unpaired) electrons. The lowest BCUT2D eigenvalue weighted by Crippen LogP contribution is -2.26. The molecule has 0 saturated heterocycles. The lowest BCUT2D eigenvalue weighted by atomic mass is 10.2. The molecule has 0 unspecified atom stereocenters. The Balaban J connectivity index is 1.86. The van der Waals surface area contributed by atoms with Crippen LogP contribution in [0.15, 0.2) is 22.9 Å². The fourth-order valence-corrected chi connectivity index (χ4v) is 1.48. The molecule has 2 rings (SSSR count). The molecule has 0 saturated carbocycles. The van der Waals surface area contributed by atoms with Crippen LogP contribution in [0.1, 0.15) is 32.6 Å². The Morgan fingerprint density at radius 3 is 2.75 bits per heavy atom. The number of rotatable bonds is 5. The van der Waals surface area contributed by atoms with Gasteiger partial charge in [0.05, 0.1) is 5.56 Å². The first-order valence-corrected chi connectivity index (χ1v) is 5.83. The summed E-state index contributed by atoms with van der Waals surface area (Å²) in [4.78, 5) is 30.2. The van der Waals surface area contributed by atoms with Crippen molar-refractivity contribution >= 4 is 11.9 Å². The third-order valence-corrected chi connectivity index (χ3v) is 2.45. The average Bonchev–Trinajstić information content (AvgIpc) is 2.84. The van der Waals surface area contributed by atoms with Gasteiger partial charge in [-0.3, -0.25) is 9.78 Å². The van der Waals surface area contributed by atoms with Crippen molar-refractivity contribution in [3.63, 3.8) is 0 Å². The minimum absolute atomic E-state index is 0.0313. The van der Waals surface area contributed by atoms with E-state index in [0.717, 1.165) is 6.20 Å². The number of aryl methyl sites for hydroxylation is 1. The highest BCUT2D eigenvalue weighted by Crippen LogP contribution is 2.00. The summed E-state index contributed by atoms with van der Waals surface area (Å²) >= 11 is 0. The van der Waals surface area contributed by atoms with Crippen molar-refractivity contribution in [2.45, 2.75) is 13.3 Å². The summed E-state index contributed by atoms with van der Waals surface area (Å²) in [6.07, 6.45) is 1.58. The van der Waals surface area contributed by atoms with Gasteiger partial charge < -0.3 is 14.9 Å². The summed E-state index contributed by atoms with van der Waals surface area (Å²) < 4.78 is 4.80. The van der Waals surface area contributed by atoms with Crippen molar-refractivity contribution in [1.82, 2.24) is 20.4 Å². The number of pyridine rings is 1. The molecule has 0 aromatic carbocycles. The zero-order valence-electron chi connectivity index (χ0n) is 10.7. The van der Waals surface area contributed by atoms with E-state index in [9.17, 15) is 9.59 Å². The standard InChI is InChI=1S/C12H12N4O4/c1-7-15-10(16-20-7)4-5-13-11(17)9-3-2-8(6-14-9)12(18)19/h2-3,6H,4-5H2,1H3,(H,13,17)(H,18,19). The minimum atomic E-state index is -1.09. The fourth-order valence-electron chi connectivity index (χ4n) is 1.48. The second-order valence-electron chi connectivity index (χ2n) is 3.97. The maximum atomic E-state index is 11.7. The molecule has 2 aromatic rings. The highest BCUT2D eigenvalue weighted by molar-refractivity contribution is 5.93. The van der Waals surface area contributed by atoms with Crippen LogP contribution in [0.3, 0.4) is 0 Å². The highest BCUT2D eigenvalue weighted by Gasteiger charge is 2.09. The number of carbonyl (C=O) groups is 2. The topological polar surface area (TPSA) is 118 Å². The Hall–Kier alpha value is -2.77. The monoisotopic (exact) mass is 276 g/mol. The van der Waals surface area contributed by atoms with Gasteiger partial charge in [0.25, 0.3) is 5.91 Å². The quantitative estimate of drug-likeness (QED) is 0.813. The number of hydrogen-bond acceptors (Lipinski definition) is 6. The Kier molecular flexibility index (Phi) is 4.04. The molecule has 20 heavy (non-hydrogen) atoms. The molecular formula is C12H12N4O4. The number of carboxylic acid groups (broad SMARTS) is 1. The molecule has 1 amide bonds. The number of carboxylic acids is 1. The van der Waals surface area contributed by atoms with Gasteiger partial charge in [0, 0.05) is 26.1 Å². The number of aromatic nitrogens is 3. The molecule has 0 atom stereocenters. The molecular weight excluding hydrogens is 264 g/mol. The van der Waals surface area contributed by atoms with Gasteiger partial charge in [-0.2, -0.15) is 4.98 Å². The number of carbonyl (C=O) groups excluding carboxylic acids is 1. The molecule has 0 aliphatic rings. The van der Waals surface area contributed by atoms with Crippen molar-refractivity contribution in [2.24, 2.45) is 0 Å². The SMILES string of the molecule is Cc1nc(CCNC(=O)c2ccc(C(=O)O)cn2)no1. The van der Waals surface area contributed by atoms with Gasteiger partial charge in [-0.15, -0.1) is 0 Å². The normalized spacial score (nSPS) is 10.2. The number of nitrogens with zero attached hydrogens (tertiary/aromatic N) is 3. The molecule has 0 spiro atoms. The largest absolute Gasteiger partial charge is 0.478 e. The molecule has 0 aliphatic heterocycles. The maximum absolute atomic E-state index is 11.7. The van der Waals surface area contributed by atoms with E-state index in [1.807, 2.05) is 0 Å². The summed E-state index contributed by atoms with van der Waals surface area (Å²) in [5, 5.41) is 15.1. The zero-order valence-corrected chi connectivity index (χ0v) is 10.7. The summed E-state index contributed by atoms with van der Waals surface area (Å²) in [6.45, 7) is 2.02. The smallest absolute Gasteiger partial charge is 0.337 e. The Morgan fingerprint density at radius 1 is 1.40 bits per heavy atom. The van der Waals surface area contributed by atoms with Crippen LogP contribution in [0.5, 0.6) is 0 Å². The first-order valence-electron chi connectivity index (χ1n) is 5.83. The minimum Gasteiger partial charge on any atom is -0.478 e. The second kappa shape index (κ2) is 5.91. The second-order valence-corrected chi connectivity index (χ2v) is 3.97. The average molecular weight is 276 g/mol. The zero-order chi connectivity index (χ0) is 14.5. The van der Waals surface area contributed by atoms with E-state index < -0.39 is 5.97 Å². The fraction of sp³-hybridized carbons (Fsp3) is 0.250. The van der Waals surface area contributed by atoms with Crippen LogP contribution in [-0.2, 0) is 6.42 Å². The molecule has 2 heterocycles. The van der Waals surface area contributed by atoms with Gasteiger partial charge in [0.2, 0.25) is 5.89 Å². The number of amides is 1. The van der Waals surface area contributed by atoms with Crippen molar-refractivity contribution in [3.05, 3.63) is 41.3 Å². The maximum Gasteiger partial charge on any atom is 0.337 e. The Labute approximate surface area is 113 Å². The van der Waals surface area contributed by atoms with E-state index in [4.69, 9.17) is 9.63 Å². The van der Waals surface area contributed by atoms with Crippen LogP contribution in [0, 0.1) is 6.92 Å². The Morgan fingerprint density at radius 2 is 2.20 bits per heavy atom. The van der Waals surface area contributed by atoms with Crippen molar-refractivity contribution in [2.75, 3.05) is 6.54 Å². The van der Waals surface area contributed by atoms with Crippen LogP contribution < -0.4 is 5.32 Å². The van der Waals surface area contributed by atoms with Crippen LogP contribution >= 0.6 is 0 Å². The van der Waals surface area contributed by atoms with Crippen LogP contribution in [0.2, 0.25) is 0 Å². The molecule has 104 valence electrons. The van der Waals surface area contributed by atoms with Gasteiger partial charge in [-0.05, 0) is 12.1 Å². The first-order chi connectivity index (χ1) is 9.56. The molecule has 0 bridgehead atoms. The Bertz CT molecular complexity index is 621. The van der Waals surface area contributed by atoms with E-state index in [1.165, 1.54) is 12.1 Å². The highest BCUT2D eigenvalue weighted by atomic mass is 16.5. The van der Waals surface area contributed by atoms with E-state index in [1.54, 1.807) is 6.92 Å². The van der Waals surface area contributed by atoms with Gasteiger partial charge in [-0.1, -0.05) is 5.16 Å². The number of aromatic carboxylic acids is 1. The third-order valence-electron chi connectivity index (χ3n) is 2.45. The van der Waals surface area contributed by atoms with Crippen molar-refractivity contribution < 1.29 is 19.2 Å². The molecule has 0 fully saturated rings. The molecule has 2 N–H and O–H groups in total. The van der Waals surface area contributed by atoms with Gasteiger partial charge in [0.1, 0.15) is 5.69 Å². The predicted octanol–water partition coefficient (Wildman–Crippen LogP) is 0.444. The molecule has 8 nitrogen and oxygen atoms in total. The summed E-state index contributed by atoms with van der Waals surface area (Å²) in [5.41, 5.74) is 0.183. The van der Waals surface area contributed by atoms with E-state index in [-0.39, 0.29) is 17.2 Å². The molecule has 2 aromatic heterocycles. The van der Waals surface area contributed by atoms with E-state index in [0.29, 0.717) is 24.7 Å². The number of hydrogen-bond donors (Lipinski definition) is 2. The van der Waals surface area contributed by atoms with Crippen molar-refractivity contribution in [3.8, 4) is 0 Å². The molecule has 0 aliphatic carbocycles. The summed E-state index contributed by atoms with van der Waals surface area (Å²) in [7, 11) is 0. The molecule has 8 heteroatoms. The summed E-state index contributed by atoms with van der Waals surface area (Å²) in [5.74, 6) is -0.492. The van der Waals surface area contributed by atoms with Crippen molar-refractivity contribution in [1.29, 1.82) is 0 Å². The van der Waals surface area contributed by atoms with Crippen LogP contribution in [0.25, 0.3) is 0 Å². The van der Waals surface area contributed by atoms with Gasteiger partial charge in [0.15, 0.2) is 5.82 Å². The predicted molar refractivity (Wildman–Crippen MR) is 66.3 cm³/mol. The van der Waals surface area contributed by atoms with Gasteiger partial charge >= 0.3 is 5.97 Å². The summed E-state index contributed by atoms with van der Waals surface area (Å²) in [6, 6.07) is 2.68. The third kappa shape index (κ3) is 3.37. The van der Waals surface area contributed by atoms with Gasteiger partial charge in [-0.25, -0.2) is 4.79 Å². The first kappa shape index (κ1) is 13.7. The lowest BCUT2D eigenvalue weighted by Gasteiger charge is -2.03. The van der Waals surface area contributed by atoms with E-state index >= 15 is 0 Å². The van der Waals surface area contributed by atoms with Crippen LogP contribution in [0.4, 0.5) is 0 Å².